The van der Waals surface area contributed by atoms with E-state index in [1.165, 1.54) is 19.5 Å². The van der Waals surface area contributed by atoms with Gasteiger partial charge in [-0.2, -0.15) is 0 Å². The van der Waals surface area contributed by atoms with E-state index in [9.17, 15) is 0 Å². The van der Waals surface area contributed by atoms with Crippen molar-refractivity contribution in [2.75, 3.05) is 58.9 Å². The normalized spacial score (nSPS) is 18.4. The summed E-state index contributed by atoms with van der Waals surface area (Å²) in [7, 11) is 3.50. The van der Waals surface area contributed by atoms with Crippen LogP contribution in [0.25, 0.3) is 0 Å². The van der Waals surface area contributed by atoms with Crippen LogP contribution in [0.15, 0.2) is 29.3 Å². The van der Waals surface area contributed by atoms with Crippen molar-refractivity contribution in [3.63, 3.8) is 0 Å². The summed E-state index contributed by atoms with van der Waals surface area (Å²) in [5, 5.41) is 6.78. The smallest absolute Gasteiger partial charge is 0.195 e. The van der Waals surface area contributed by atoms with Crippen molar-refractivity contribution < 1.29 is 9.47 Å². The fraction of sp³-hybridized carbons (Fsp3) is 0.632. The Labute approximate surface area is 151 Å². The molecule has 0 amide bonds. The SMILES string of the molecule is CCN1CCC(CNC(=NC)Nc2cccc(OCCCOC)c2)C1. The van der Waals surface area contributed by atoms with Gasteiger partial charge in [0.2, 0.25) is 0 Å². The highest BCUT2D eigenvalue weighted by molar-refractivity contribution is 5.93. The van der Waals surface area contributed by atoms with E-state index in [2.05, 4.69) is 27.4 Å². The Morgan fingerprint density at radius 1 is 1.36 bits per heavy atom. The summed E-state index contributed by atoms with van der Waals surface area (Å²) in [5.41, 5.74) is 0.971. The van der Waals surface area contributed by atoms with E-state index < -0.39 is 0 Å². The van der Waals surface area contributed by atoms with Crippen LogP contribution >= 0.6 is 0 Å². The Kier molecular flexibility index (Phi) is 8.55. The van der Waals surface area contributed by atoms with Gasteiger partial charge in [-0.15, -0.1) is 0 Å². The van der Waals surface area contributed by atoms with Crippen LogP contribution in [0.1, 0.15) is 19.8 Å². The van der Waals surface area contributed by atoms with Gasteiger partial charge in [0.05, 0.1) is 6.61 Å². The van der Waals surface area contributed by atoms with E-state index in [1.807, 2.05) is 24.3 Å². The molecule has 1 aromatic carbocycles. The number of hydrogen-bond donors (Lipinski definition) is 2. The maximum Gasteiger partial charge on any atom is 0.195 e. The number of rotatable bonds is 9. The summed E-state index contributed by atoms with van der Waals surface area (Å²) in [6.45, 7) is 8.05. The monoisotopic (exact) mass is 348 g/mol. The Balaban J connectivity index is 1.78. The van der Waals surface area contributed by atoms with Gasteiger partial charge < -0.3 is 25.0 Å². The molecular formula is C19H32N4O2. The Hall–Kier alpha value is -1.79. The van der Waals surface area contributed by atoms with E-state index in [0.717, 1.165) is 36.9 Å². The number of hydrogen-bond acceptors (Lipinski definition) is 4. The van der Waals surface area contributed by atoms with E-state index >= 15 is 0 Å². The second-order valence-corrected chi connectivity index (χ2v) is 6.35. The van der Waals surface area contributed by atoms with Gasteiger partial charge in [-0.05, 0) is 37.6 Å². The van der Waals surface area contributed by atoms with Crippen molar-refractivity contribution in [3.05, 3.63) is 24.3 Å². The Morgan fingerprint density at radius 3 is 2.96 bits per heavy atom. The molecule has 1 aliphatic heterocycles. The maximum atomic E-state index is 5.74. The Morgan fingerprint density at radius 2 is 2.24 bits per heavy atom. The van der Waals surface area contributed by atoms with E-state index in [-0.39, 0.29) is 0 Å². The molecular weight excluding hydrogens is 316 g/mol. The average molecular weight is 348 g/mol. The molecule has 140 valence electrons. The molecule has 0 aliphatic carbocycles. The van der Waals surface area contributed by atoms with E-state index in [1.54, 1.807) is 14.2 Å². The van der Waals surface area contributed by atoms with E-state index in [0.29, 0.717) is 19.1 Å². The Bertz CT molecular complexity index is 536. The van der Waals surface area contributed by atoms with Crippen LogP contribution < -0.4 is 15.4 Å². The molecule has 6 heteroatoms. The number of nitrogens with zero attached hydrogens (tertiary/aromatic N) is 2. The number of benzene rings is 1. The highest BCUT2D eigenvalue weighted by Crippen LogP contribution is 2.18. The van der Waals surface area contributed by atoms with Crippen LogP contribution in [-0.2, 0) is 4.74 Å². The summed E-state index contributed by atoms with van der Waals surface area (Å²) >= 11 is 0. The largest absolute Gasteiger partial charge is 0.493 e. The number of likely N-dealkylation sites (tertiary alicyclic amines) is 1. The second kappa shape index (κ2) is 10.9. The van der Waals surface area contributed by atoms with E-state index in [4.69, 9.17) is 9.47 Å². The first-order valence-corrected chi connectivity index (χ1v) is 9.17. The van der Waals surface area contributed by atoms with Crippen LogP contribution in [0.3, 0.4) is 0 Å². The molecule has 1 atom stereocenters. The summed E-state index contributed by atoms with van der Waals surface area (Å²) in [6.07, 6.45) is 2.14. The zero-order valence-electron chi connectivity index (χ0n) is 15.8. The van der Waals surface area contributed by atoms with Crippen LogP contribution in [0.4, 0.5) is 5.69 Å². The highest BCUT2D eigenvalue weighted by Gasteiger charge is 2.20. The first kappa shape index (κ1) is 19.5. The molecule has 0 radical (unpaired) electrons. The molecule has 1 unspecified atom stereocenters. The molecule has 2 N–H and O–H groups in total. The van der Waals surface area contributed by atoms with Crippen LogP contribution in [0.5, 0.6) is 5.75 Å². The first-order valence-electron chi connectivity index (χ1n) is 9.17. The highest BCUT2D eigenvalue weighted by atomic mass is 16.5. The van der Waals surface area contributed by atoms with Crippen molar-refractivity contribution in [3.8, 4) is 5.75 Å². The van der Waals surface area contributed by atoms with Gasteiger partial charge in [-0.25, -0.2) is 0 Å². The van der Waals surface area contributed by atoms with Crippen LogP contribution in [0.2, 0.25) is 0 Å². The molecule has 1 aromatic rings. The molecule has 0 bridgehead atoms. The van der Waals surface area contributed by atoms with Crippen molar-refractivity contribution in [1.29, 1.82) is 0 Å². The van der Waals surface area contributed by atoms with Gasteiger partial charge in [0.15, 0.2) is 5.96 Å². The molecule has 0 aromatic heterocycles. The molecule has 1 aliphatic rings. The molecule has 1 heterocycles. The lowest BCUT2D eigenvalue weighted by Crippen LogP contribution is -2.35. The molecule has 0 spiro atoms. The number of guanidine groups is 1. The number of nitrogens with one attached hydrogen (secondary N) is 2. The third-order valence-corrected chi connectivity index (χ3v) is 4.46. The summed E-state index contributed by atoms with van der Waals surface area (Å²) in [5.74, 6) is 2.34. The zero-order valence-corrected chi connectivity index (χ0v) is 15.8. The van der Waals surface area contributed by atoms with Gasteiger partial charge in [0.25, 0.3) is 0 Å². The molecule has 2 rings (SSSR count). The minimum absolute atomic E-state index is 0.653. The number of methoxy groups -OCH3 is 1. The quantitative estimate of drug-likeness (QED) is 0.408. The van der Waals surface area contributed by atoms with Crippen LogP contribution in [0, 0.1) is 5.92 Å². The van der Waals surface area contributed by atoms with Gasteiger partial charge in [0.1, 0.15) is 5.75 Å². The molecule has 6 nitrogen and oxygen atoms in total. The number of anilines is 1. The lowest BCUT2D eigenvalue weighted by atomic mass is 10.1. The molecule has 1 fully saturated rings. The summed E-state index contributed by atoms with van der Waals surface area (Å²) < 4.78 is 10.8. The average Bonchev–Trinajstić information content (AvgIpc) is 3.11. The fourth-order valence-corrected chi connectivity index (χ4v) is 2.98. The second-order valence-electron chi connectivity index (χ2n) is 6.35. The lowest BCUT2D eigenvalue weighted by molar-refractivity contribution is 0.172. The van der Waals surface area contributed by atoms with Gasteiger partial charge in [-0.3, -0.25) is 4.99 Å². The molecule has 0 saturated carbocycles. The van der Waals surface area contributed by atoms with Gasteiger partial charge in [0, 0.05) is 52.0 Å². The molecule has 25 heavy (non-hydrogen) atoms. The predicted octanol–water partition coefficient (Wildman–Crippen LogP) is 2.43. The fourth-order valence-electron chi connectivity index (χ4n) is 2.98. The minimum atomic E-state index is 0.653. The number of aliphatic imine (C=N–C) groups is 1. The zero-order chi connectivity index (χ0) is 17.9. The standard InChI is InChI=1S/C19H32N4O2/c1-4-23-10-9-16(15-23)14-21-19(20-2)22-17-7-5-8-18(13-17)25-12-6-11-24-3/h5,7-8,13,16H,4,6,9-12,14-15H2,1-3H3,(H2,20,21,22). The van der Waals surface area contributed by atoms with Crippen LogP contribution in [-0.4, -0.2) is 64.4 Å². The summed E-state index contributed by atoms with van der Waals surface area (Å²) in [6, 6.07) is 7.96. The first-order chi connectivity index (χ1) is 12.2. The topological polar surface area (TPSA) is 58.1 Å². The number of ether oxygens (including phenoxy) is 2. The third kappa shape index (κ3) is 6.92. The van der Waals surface area contributed by atoms with Gasteiger partial charge >= 0.3 is 0 Å². The third-order valence-electron chi connectivity index (χ3n) is 4.46. The predicted molar refractivity (Wildman–Crippen MR) is 104 cm³/mol. The maximum absolute atomic E-state index is 5.74. The van der Waals surface area contributed by atoms with Crippen molar-refractivity contribution >= 4 is 11.6 Å². The van der Waals surface area contributed by atoms with Crippen molar-refractivity contribution in [1.82, 2.24) is 10.2 Å². The van der Waals surface area contributed by atoms with Gasteiger partial charge in [-0.1, -0.05) is 13.0 Å². The molecule has 1 saturated heterocycles. The minimum Gasteiger partial charge on any atom is -0.493 e. The lowest BCUT2D eigenvalue weighted by Gasteiger charge is -2.16. The van der Waals surface area contributed by atoms with Crippen molar-refractivity contribution in [2.24, 2.45) is 10.9 Å². The summed E-state index contributed by atoms with van der Waals surface area (Å²) in [4.78, 5) is 6.82. The van der Waals surface area contributed by atoms with Crippen molar-refractivity contribution in [2.45, 2.75) is 19.8 Å².